The lowest BCUT2D eigenvalue weighted by Gasteiger charge is -2.16. The molecule has 1 aliphatic rings. The third kappa shape index (κ3) is 3.36. The predicted octanol–water partition coefficient (Wildman–Crippen LogP) is 4.39. The van der Waals surface area contributed by atoms with E-state index in [0.29, 0.717) is 5.75 Å². The van der Waals surface area contributed by atoms with Crippen LogP contribution >= 0.6 is 0 Å². The molecule has 1 N–H and O–H groups in total. The van der Waals surface area contributed by atoms with Crippen LogP contribution in [0.15, 0.2) is 23.8 Å². The first kappa shape index (κ1) is 12.2. The summed E-state index contributed by atoms with van der Waals surface area (Å²) >= 11 is 0. The average Bonchev–Trinajstić information content (AvgIpc) is 2.35. The van der Waals surface area contributed by atoms with Crippen molar-refractivity contribution in [2.24, 2.45) is 0 Å². The highest BCUT2D eigenvalue weighted by atomic mass is 16.3. The zero-order valence-electron chi connectivity index (χ0n) is 10.6. The number of unbranched alkanes of at least 4 members (excludes halogenated alkanes) is 3. The van der Waals surface area contributed by atoms with Crippen molar-refractivity contribution < 1.29 is 5.11 Å². The van der Waals surface area contributed by atoms with E-state index in [1.807, 2.05) is 12.1 Å². The van der Waals surface area contributed by atoms with Gasteiger partial charge in [0.05, 0.1) is 0 Å². The van der Waals surface area contributed by atoms with Gasteiger partial charge in [0, 0.05) is 0 Å². The predicted molar refractivity (Wildman–Crippen MR) is 71.0 cm³/mol. The van der Waals surface area contributed by atoms with Gasteiger partial charge in [0.25, 0.3) is 0 Å². The summed E-state index contributed by atoms with van der Waals surface area (Å²) in [5.74, 6) is 0.372. The fourth-order valence-corrected chi connectivity index (χ4v) is 2.40. The van der Waals surface area contributed by atoms with E-state index in [2.05, 4.69) is 13.0 Å². The number of allylic oxidation sites excluding steroid dienone is 1. The molecule has 1 aromatic carbocycles. The second-order valence-corrected chi connectivity index (χ2v) is 4.88. The van der Waals surface area contributed by atoms with Gasteiger partial charge >= 0.3 is 0 Å². The molecule has 1 heteroatoms. The van der Waals surface area contributed by atoms with Crippen LogP contribution < -0.4 is 0 Å². The molecule has 91 valence electrons. The van der Waals surface area contributed by atoms with E-state index in [-0.39, 0.29) is 0 Å². The van der Waals surface area contributed by atoms with Crippen molar-refractivity contribution >= 4 is 0 Å². The van der Waals surface area contributed by atoms with E-state index >= 15 is 0 Å². The highest BCUT2D eigenvalue weighted by Gasteiger charge is 2.11. The number of hydrogen-bond donors (Lipinski definition) is 1. The normalized spacial score (nSPS) is 14.3. The maximum Gasteiger partial charge on any atom is 0.115 e. The van der Waals surface area contributed by atoms with Crippen molar-refractivity contribution in [3.05, 3.63) is 41.0 Å². The Morgan fingerprint density at radius 3 is 2.88 bits per heavy atom. The quantitative estimate of drug-likeness (QED) is 0.742. The van der Waals surface area contributed by atoms with Gasteiger partial charge in [-0.05, 0) is 55.0 Å². The topological polar surface area (TPSA) is 20.2 Å². The Morgan fingerprint density at radius 2 is 2.06 bits per heavy atom. The van der Waals surface area contributed by atoms with Crippen LogP contribution in [-0.2, 0) is 6.42 Å². The Bertz CT molecular complexity index is 404. The molecule has 1 aliphatic carbocycles. The third-order valence-corrected chi connectivity index (χ3v) is 3.43. The van der Waals surface area contributed by atoms with E-state index in [1.165, 1.54) is 48.8 Å². The van der Waals surface area contributed by atoms with E-state index in [1.54, 1.807) is 6.07 Å². The molecule has 0 unspecified atom stereocenters. The highest BCUT2D eigenvalue weighted by molar-refractivity contribution is 5.42. The van der Waals surface area contributed by atoms with Crippen molar-refractivity contribution in [3.63, 3.8) is 0 Å². The molecule has 1 radical (unpaired) electrons. The minimum absolute atomic E-state index is 0.372. The van der Waals surface area contributed by atoms with Crippen molar-refractivity contribution in [1.29, 1.82) is 0 Å². The number of phenolic OH excluding ortho intramolecular Hbond substituents is 1. The molecule has 0 aromatic heterocycles. The summed E-state index contributed by atoms with van der Waals surface area (Å²) in [4.78, 5) is 0. The molecule has 0 bridgehead atoms. The SMILES string of the molecule is CCCCCCC1=[C]c2ccc(O)cc2CC1. The maximum absolute atomic E-state index is 9.42. The summed E-state index contributed by atoms with van der Waals surface area (Å²) in [5.41, 5.74) is 3.88. The van der Waals surface area contributed by atoms with Crippen molar-refractivity contribution in [1.82, 2.24) is 0 Å². The molecule has 0 saturated heterocycles. The van der Waals surface area contributed by atoms with Gasteiger partial charge in [0.2, 0.25) is 0 Å². The Balaban J connectivity index is 1.95. The van der Waals surface area contributed by atoms with Crippen LogP contribution in [0.3, 0.4) is 0 Å². The molecule has 1 aromatic rings. The fourth-order valence-electron chi connectivity index (χ4n) is 2.40. The van der Waals surface area contributed by atoms with Gasteiger partial charge in [-0.3, -0.25) is 0 Å². The molecule has 2 rings (SSSR count). The minimum Gasteiger partial charge on any atom is -0.508 e. The van der Waals surface area contributed by atoms with Gasteiger partial charge in [0.15, 0.2) is 0 Å². The number of benzene rings is 1. The van der Waals surface area contributed by atoms with Crippen molar-refractivity contribution in [2.75, 3.05) is 0 Å². The molecule has 0 saturated carbocycles. The Morgan fingerprint density at radius 1 is 1.18 bits per heavy atom. The molecule has 0 heterocycles. The van der Waals surface area contributed by atoms with Crippen LogP contribution in [0.25, 0.3) is 0 Å². The lowest BCUT2D eigenvalue weighted by atomic mass is 9.89. The van der Waals surface area contributed by atoms with Crippen LogP contribution in [-0.4, -0.2) is 5.11 Å². The first-order valence-corrected chi connectivity index (χ1v) is 6.73. The summed E-state index contributed by atoms with van der Waals surface area (Å²) < 4.78 is 0. The molecular weight excluding hydrogens is 208 g/mol. The number of rotatable bonds is 5. The molecule has 0 amide bonds. The number of fused-ring (bicyclic) bond motifs is 1. The highest BCUT2D eigenvalue weighted by Crippen LogP contribution is 2.27. The third-order valence-electron chi connectivity index (χ3n) is 3.43. The number of aromatic hydroxyl groups is 1. The van der Waals surface area contributed by atoms with Gasteiger partial charge < -0.3 is 5.11 Å². The zero-order valence-corrected chi connectivity index (χ0v) is 10.6. The minimum atomic E-state index is 0.372. The van der Waals surface area contributed by atoms with E-state index in [9.17, 15) is 5.11 Å². The first-order chi connectivity index (χ1) is 8.29. The number of hydrogen-bond acceptors (Lipinski definition) is 1. The molecule has 0 spiro atoms. The van der Waals surface area contributed by atoms with Crippen molar-refractivity contribution in [3.8, 4) is 5.75 Å². The average molecular weight is 229 g/mol. The number of phenols is 1. The first-order valence-electron chi connectivity index (χ1n) is 6.73. The molecule has 17 heavy (non-hydrogen) atoms. The Labute approximate surface area is 104 Å². The van der Waals surface area contributed by atoms with Crippen LogP contribution in [0.4, 0.5) is 0 Å². The van der Waals surface area contributed by atoms with Gasteiger partial charge in [-0.25, -0.2) is 0 Å². The lowest BCUT2D eigenvalue weighted by molar-refractivity contribution is 0.474. The largest absolute Gasteiger partial charge is 0.508 e. The lowest BCUT2D eigenvalue weighted by Crippen LogP contribution is -2.00. The van der Waals surface area contributed by atoms with Crippen LogP contribution in [0, 0.1) is 6.08 Å². The van der Waals surface area contributed by atoms with Crippen LogP contribution in [0.2, 0.25) is 0 Å². The smallest absolute Gasteiger partial charge is 0.115 e. The van der Waals surface area contributed by atoms with E-state index in [4.69, 9.17) is 0 Å². The number of aryl methyl sites for hydroxylation is 1. The fraction of sp³-hybridized carbons (Fsp3) is 0.500. The Hall–Kier alpha value is -1.24. The molecule has 0 fully saturated rings. The van der Waals surface area contributed by atoms with E-state index in [0.717, 1.165) is 12.8 Å². The second-order valence-electron chi connectivity index (χ2n) is 4.88. The van der Waals surface area contributed by atoms with Gasteiger partial charge in [-0.15, -0.1) is 0 Å². The molecule has 0 atom stereocenters. The maximum atomic E-state index is 9.42. The monoisotopic (exact) mass is 229 g/mol. The van der Waals surface area contributed by atoms with Gasteiger partial charge in [-0.2, -0.15) is 0 Å². The summed E-state index contributed by atoms with van der Waals surface area (Å²) in [6.45, 7) is 2.24. The van der Waals surface area contributed by atoms with Crippen LogP contribution in [0.5, 0.6) is 5.75 Å². The van der Waals surface area contributed by atoms with E-state index < -0.39 is 0 Å². The summed E-state index contributed by atoms with van der Waals surface area (Å²) in [5, 5.41) is 9.42. The second kappa shape index (κ2) is 5.90. The molecule has 0 aliphatic heterocycles. The van der Waals surface area contributed by atoms with Gasteiger partial charge in [-0.1, -0.05) is 37.8 Å². The summed E-state index contributed by atoms with van der Waals surface area (Å²) in [6.07, 6.45) is 12.1. The summed E-state index contributed by atoms with van der Waals surface area (Å²) in [6, 6.07) is 5.61. The standard InChI is InChI=1S/C16H21O/c1-2-3-4-5-6-13-7-8-15-12-16(17)10-9-14(15)11-13/h9-10,12,17H,2-8H2,1H3. The Kier molecular flexibility index (Phi) is 4.24. The molecular formula is C16H21O. The molecule has 1 nitrogen and oxygen atoms in total. The van der Waals surface area contributed by atoms with Gasteiger partial charge in [0.1, 0.15) is 5.75 Å². The van der Waals surface area contributed by atoms with Crippen LogP contribution in [0.1, 0.15) is 56.6 Å². The summed E-state index contributed by atoms with van der Waals surface area (Å²) in [7, 11) is 0. The van der Waals surface area contributed by atoms with Crippen molar-refractivity contribution in [2.45, 2.75) is 51.9 Å². The zero-order chi connectivity index (χ0) is 12.1.